The number of benzene rings is 2. The van der Waals surface area contributed by atoms with Crippen LogP contribution in [-0.4, -0.2) is 24.4 Å². The molecule has 0 spiro atoms. The molecule has 0 atom stereocenters. The van der Waals surface area contributed by atoms with Gasteiger partial charge in [0.05, 0.1) is 0 Å². The van der Waals surface area contributed by atoms with Crippen LogP contribution in [0.25, 0.3) is 0 Å². The molecule has 0 aliphatic heterocycles. The Morgan fingerprint density at radius 1 is 0.750 bits per heavy atom. The number of hydrogen-bond donors (Lipinski definition) is 0. The second kappa shape index (κ2) is 6.29. The number of ether oxygens (including phenoxy) is 1. The van der Waals surface area contributed by atoms with E-state index in [9.17, 15) is 0 Å². The van der Waals surface area contributed by atoms with Gasteiger partial charge in [0.1, 0.15) is 11.5 Å². The third-order valence-corrected chi connectivity index (χ3v) is 2.59. The van der Waals surface area contributed by atoms with Crippen LogP contribution in [0.4, 0.5) is 0 Å². The Hall–Kier alpha value is -0.502. The first-order chi connectivity index (χ1) is 7.27. The van der Waals surface area contributed by atoms with Gasteiger partial charge in [-0.25, -0.2) is 0 Å². The number of hydrogen-bond acceptors (Lipinski definition) is 3. The molecule has 2 aromatic carbocycles. The van der Waals surface area contributed by atoms with Crippen LogP contribution < -0.4 is 4.74 Å². The first-order valence-electron chi connectivity index (χ1n) is 4.47. The molecule has 4 heteroatoms. The molecule has 0 heterocycles. The quantitative estimate of drug-likeness (QED) is 0.605. The average molecular weight is 356 g/mol. The molecule has 0 aliphatic rings. The summed E-state index contributed by atoms with van der Waals surface area (Å²) in [5, 5.41) is 0. The maximum atomic E-state index is 5.63. The fourth-order valence-electron chi connectivity index (χ4n) is 1.19. The number of rotatable bonds is 2. The fraction of sp³-hybridized carbons (Fsp3) is 0. The minimum Gasteiger partial charge on any atom is -0.776 e. The van der Waals surface area contributed by atoms with Crippen molar-refractivity contribution in [2.75, 3.05) is 0 Å². The SMILES string of the molecule is [HH].[S-]c1ccccc1Oc1ccccc1[S-].[Sb]. The summed E-state index contributed by atoms with van der Waals surface area (Å²) in [5.74, 6) is 1.34. The predicted molar refractivity (Wildman–Crippen MR) is 72.1 cm³/mol. The fourth-order valence-corrected chi connectivity index (χ4v) is 1.56. The Balaban J connectivity index is 0.00000128. The number of para-hydroxylation sites is 2. The molecule has 3 radical (unpaired) electrons. The maximum absolute atomic E-state index is 5.63. The molecule has 0 saturated heterocycles. The smallest absolute Gasteiger partial charge is 0.108 e. The van der Waals surface area contributed by atoms with Crippen molar-refractivity contribution in [3.8, 4) is 11.5 Å². The van der Waals surface area contributed by atoms with Gasteiger partial charge in [-0.1, -0.05) is 36.4 Å². The topological polar surface area (TPSA) is 9.23 Å². The molecule has 0 unspecified atom stereocenters. The van der Waals surface area contributed by atoms with Crippen molar-refractivity contribution < 1.29 is 6.16 Å². The minimum atomic E-state index is 0. The van der Waals surface area contributed by atoms with Gasteiger partial charge in [0.25, 0.3) is 0 Å². The average Bonchev–Trinajstić information content (AvgIpc) is 2.24. The molecule has 83 valence electrons. The van der Waals surface area contributed by atoms with E-state index >= 15 is 0 Å². The largest absolute Gasteiger partial charge is 0.776 e. The second-order valence-corrected chi connectivity index (χ2v) is 3.88. The van der Waals surface area contributed by atoms with Crippen LogP contribution in [-0.2, 0) is 25.3 Å². The molecule has 1 nitrogen and oxygen atoms in total. The molecule has 16 heavy (non-hydrogen) atoms. The molecular formula is C12H10OS2Sb-2. The zero-order valence-electron chi connectivity index (χ0n) is 8.29. The van der Waals surface area contributed by atoms with Crippen LogP contribution in [0.2, 0.25) is 0 Å². The summed E-state index contributed by atoms with van der Waals surface area (Å²) in [5.41, 5.74) is 0. The molecule has 2 rings (SSSR count). The molecule has 0 aliphatic carbocycles. The zero-order valence-corrected chi connectivity index (χ0v) is 12.5. The Kier molecular flexibility index (Phi) is 5.33. The van der Waals surface area contributed by atoms with Crippen molar-refractivity contribution >= 4 is 49.7 Å². The Morgan fingerprint density at radius 3 is 1.50 bits per heavy atom. The van der Waals surface area contributed by atoms with E-state index in [0.29, 0.717) is 21.3 Å². The summed E-state index contributed by atoms with van der Waals surface area (Å²) in [6.45, 7) is 0. The van der Waals surface area contributed by atoms with E-state index in [1.165, 1.54) is 0 Å². The predicted octanol–water partition coefficient (Wildman–Crippen LogP) is 3.16. The summed E-state index contributed by atoms with van der Waals surface area (Å²) in [4.78, 5) is 1.38. The van der Waals surface area contributed by atoms with Gasteiger partial charge in [-0.3, -0.25) is 0 Å². The van der Waals surface area contributed by atoms with Crippen molar-refractivity contribution in [3.63, 3.8) is 0 Å². The van der Waals surface area contributed by atoms with Crippen LogP contribution in [0.15, 0.2) is 58.3 Å². The van der Waals surface area contributed by atoms with Gasteiger partial charge in [-0.05, 0) is 12.1 Å². The van der Waals surface area contributed by atoms with Crippen LogP contribution in [0.5, 0.6) is 11.5 Å². The normalized spacial score (nSPS) is 9.25. The van der Waals surface area contributed by atoms with Crippen LogP contribution in [0.1, 0.15) is 1.43 Å². The Bertz CT molecular complexity index is 436. The van der Waals surface area contributed by atoms with Gasteiger partial charge in [-0.2, -0.15) is 0 Å². The van der Waals surface area contributed by atoms with Gasteiger partial charge >= 0.3 is 0 Å². The van der Waals surface area contributed by atoms with Crippen LogP contribution >= 0.6 is 0 Å². The summed E-state index contributed by atoms with van der Waals surface area (Å²) < 4.78 is 5.63. The Morgan fingerprint density at radius 2 is 1.12 bits per heavy atom. The van der Waals surface area contributed by atoms with Crippen molar-refractivity contribution in [2.24, 2.45) is 0 Å². The van der Waals surface area contributed by atoms with Crippen molar-refractivity contribution in [1.29, 1.82) is 0 Å². The van der Waals surface area contributed by atoms with E-state index in [4.69, 9.17) is 30.0 Å². The van der Waals surface area contributed by atoms with E-state index in [0.717, 1.165) is 0 Å². The van der Waals surface area contributed by atoms with Crippen molar-refractivity contribution in [2.45, 2.75) is 9.79 Å². The second-order valence-electron chi connectivity index (χ2n) is 3.00. The van der Waals surface area contributed by atoms with E-state index in [2.05, 4.69) is 0 Å². The molecule has 0 saturated carbocycles. The maximum Gasteiger partial charge on any atom is 0.108 e. The summed E-state index contributed by atoms with van der Waals surface area (Å²) in [7, 11) is 0. The molecule has 0 bridgehead atoms. The van der Waals surface area contributed by atoms with Crippen LogP contribution in [0.3, 0.4) is 0 Å². The van der Waals surface area contributed by atoms with Gasteiger partial charge in [-0.15, -0.1) is 9.79 Å². The standard InChI is InChI=1S/C12H10OS2.Sb.H2/c14-11-7-3-1-5-9(11)13-10-6-2-4-8-12(10)15;;/h1-8,14-15H;;1H/p-2. The first-order valence-corrected chi connectivity index (χ1v) is 5.29. The molecular weight excluding hydrogens is 346 g/mol. The molecule has 0 amide bonds. The van der Waals surface area contributed by atoms with E-state index in [-0.39, 0.29) is 25.9 Å². The molecule has 0 fully saturated rings. The van der Waals surface area contributed by atoms with Gasteiger partial charge in [0.15, 0.2) is 0 Å². The Labute approximate surface area is 125 Å². The van der Waals surface area contributed by atoms with E-state index < -0.39 is 0 Å². The minimum absolute atomic E-state index is 0. The van der Waals surface area contributed by atoms with Crippen LogP contribution in [0, 0.1) is 0 Å². The van der Waals surface area contributed by atoms with E-state index in [1.807, 2.05) is 48.5 Å². The summed E-state index contributed by atoms with van der Waals surface area (Å²) in [6.07, 6.45) is 0. The van der Waals surface area contributed by atoms with Gasteiger partial charge < -0.3 is 30.0 Å². The molecule has 2 aromatic rings. The monoisotopic (exact) mass is 355 g/mol. The molecule has 0 N–H and O–H groups in total. The zero-order chi connectivity index (χ0) is 10.7. The van der Waals surface area contributed by atoms with Crippen molar-refractivity contribution in [3.05, 3.63) is 48.5 Å². The molecule has 0 aromatic heterocycles. The van der Waals surface area contributed by atoms with E-state index in [1.54, 1.807) is 0 Å². The summed E-state index contributed by atoms with van der Waals surface area (Å²) in [6, 6.07) is 14.9. The third kappa shape index (κ3) is 3.24. The summed E-state index contributed by atoms with van der Waals surface area (Å²) >= 11 is 10.3. The van der Waals surface area contributed by atoms with Gasteiger partial charge in [0, 0.05) is 25.9 Å². The first kappa shape index (κ1) is 13.6. The van der Waals surface area contributed by atoms with Crippen molar-refractivity contribution in [1.82, 2.24) is 0 Å². The third-order valence-electron chi connectivity index (χ3n) is 1.92. The van der Waals surface area contributed by atoms with Gasteiger partial charge in [0.2, 0.25) is 0 Å².